The molecule has 2 aromatic rings. The minimum absolute atomic E-state index is 0.124. The highest BCUT2D eigenvalue weighted by molar-refractivity contribution is 6.05. The number of carbonyl (C=O) groups excluding carboxylic acids is 2. The Morgan fingerprint density at radius 1 is 1.23 bits per heavy atom. The molecule has 9 nitrogen and oxygen atoms in total. The Morgan fingerprint density at radius 3 is 2.45 bits per heavy atom. The molecule has 0 bridgehead atoms. The maximum Gasteiger partial charge on any atom is 0.354 e. The van der Waals surface area contributed by atoms with Gasteiger partial charge in [0.15, 0.2) is 0 Å². The van der Waals surface area contributed by atoms with E-state index < -0.39 is 16.8 Å². The number of esters is 1. The maximum atomic E-state index is 12.2. The second-order valence-electron chi connectivity index (χ2n) is 4.62. The number of methoxy groups -OCH3 is 1. The first kappa shape index (κ1) is 15.3. The molecule has 0 aliphatic carbocycles. The average Bonchev–Trinajstić information content (AvgIpc) is 3.02. The van der Waals surface area contributed by atoms with Gasteiger partial charge in [-0.15, -0.1) is 0 Å². The summed E-state index contributed by atoms with van der Waals surface area (Å²) in [6, 6.07) is 2.64. The van der Waals surface area contributed by atoms with Gasteiger partial charge in [0.25, 0.3) is 11.6 Å². The van der Waals surface area contributed by atoms with Gasteiger partial charge in [-0.05, 0) is 6.07 Å². The number of hydrogen-bond donors (Lipinski definition) is 1. The molecule has 0 aromatic carbocycles. The fraction of sp³-hybridized carbons (Fsp3) is 0.231. The quantitative estimate of drug-likeness (QED) is 0.520. The molecule has 1 N–H and O–H groups in total. The van der Waals surface area contributed by atoms with Crippen LogP contribution in [-0.2, 0) is 18.8 Å². The molecule has 0 saturated heterocycles. The third-order valence-corrected chi connectivity index (χ3v) is 3.10. The standard InChI is InChI=1S/C13H14N4O5/c1-15-6-8(4-10(15)13(19)22-3)12(18)14-11-5-9(17(20)21)7-16(11)2/h4-7H,1-3H3,(H,14,18). The Kier molecular flexibility index (Phi) is 3.97. The van der Waals surface area contributed by atoms with E-state index in [1.165, 1.54) is 40.8 Å². The third kappa shape index (κ3) is 2.82. The van der Waals surface area contributed by atoms with Crippen molar-refractivity contribution in [2.75, 3.05) is 12.4 Å². The second kappa shape index (κ2) is 5.72. The molecule has 0 atom stereocenters. The molecule has 0 fully saturated rings. The molecular formula is C13H14N4O5. The van der Waals surface area contributed by atoms with Gasteiger partial charge in [-0.25, -0.2) is 4.79 Å². The number of aromatic nitrogens is 2. The van der Waals surface area contributed by atoms with Crippen molar-refractivity contribution < 1.29 is 19.2 Å². The molecule has 0 unspecified atom stereocenters. The Bertz CT molecular complexity index is 759. The third-order valence-electron chi connectivity index (χ3n) is 3.10. The smallest absolute Gasteiger partial charge is 0.354 e. The largest absolute Gasteiger partial charge is 0.464 e. The van der Waals surface area contributed by atoms with Crippen LogP contribution in [0.1, 0.15) is 20.8 Å². The van der Waals surface area contributed by atoms with E-state index in [2.05, 4.69) is 10.1 Å². The molecule has 0 spiro atoms. The first-order valence-corrected chi connectivity index (χ1v) is 6.20. The van der Waals surface area contributed by atoms with Crippen molar-refractivity contribution in [3.8, 4) is 0 Å². The van der Waals surface area contributed by atoms with Crippen LogP contribution >= 0.6 is 0 Å². The Hall–Kier alpha value is -3.10. The van der Waals surface area contributed by atoms with Crippen molar-refractivity contribution in [2.24, 2.45) is 14.1 Å². The van der Waals surface area contributed by atoms with Gasteiger partial charge in [-0.2, -0.15) is 0 Å². The first-order valence-electron chi connectivity index (χ1n) is 6.20. The van der Waals surface area contributed by atoms with Crippen LogP contribution in [0.3, 0.4) is 0 Å². The zero-order valence-electron chi connectivity index (χ0n) is 12.2. The van der Waals surface area contributed by atoms with Gasteiger partial charge in [-0.3, -0.25) is 14.9 Å². The predicted molar refractivity (Wildman–Crippen MR) is 76.8 cm³/mol. The summed E-state index contributed by atoms with van der Waals surface area (Å²) in [5.74, 6) is -0.766. The maximum absolute atomic E-state index is 12.2. The van der Waals surface area contributed by atoms with Crippen molar-refractivity contribution in [1.29, 1.82) is 0 Å². The molecule has 2 heterocycles. The number of hydrogen-bond acceptors (Lipinski definition) is 5. The van der Waals surface area contributed by atoms with Crippen LogP contribution in [0.4, 0.5) is 11.5 Å². The minimum Gasteiger partial charge on any atom is -0.464 e. The van der Waals surface area contributed by atoms with Crippen molar-refractivity contribution in [3.63, 3.8) is 0 Å². The molecular weight excluding hydrogens is 292 g/mol. The van der Waals surface area contributed by atoms with Crippen molar-refractivity contribution in [1.82, 2.24) is 9.13 Å². The molecule has 116 valence electrons. The molecule has 0 aliphatic heterocycles. The summed E-state index contributed by atoms with van der Waals surface area (Å²) in [5.41, 5.74) is 0.346. The number of carbonyl (C=O) groups is 2. The van der Waals surface area contributed by atoms with Crippen LogP contribution in [0.25, 0.3) is 0 Å². The highest BCUT2D eigenvalue weighted by Gasteiger charge is 2.18. The fourth-order valence-electron chi connectivity index (χ4n) is 1.96. The number of nitrogens with zero attached hydrogens (tertiary/aromatic N) is 3. The van der Waals surface area contributed by atoms with Gasteiger partial charge in [0.05, 0.1) is 29.9 Å². The van der Waals surface area contributed by atoms with Gasteiger partial charge in [0.2, 0.25) is 0 Å². The lowest BCUT2D eigenvalue weighted by atomic mass is 10.3. The van der Waals surface area contributed by atoms with Gasteiger partial charge >= 0.3 is 5.97 Å². The van der Waals surface area contributed by atoms with E-state index >= 15 is 0 Å². The lowest BCUT2D eigenvalue weighted by Gasteiger charge is -2.03. The molecule has 1 amide bonds. The summed E-state index contributed by atoms with van der Waals surface area (Å²) >= 11 is 0. The minimum atomic E-state index is -0.559. The van der Waals surface area contributed by atoms with Gasteiger partial charge in [-0.1, -0.05) is 0 Å². The number of nitrogens with one attached hydrogen (secondary N) is 1. The van der Waals surface area contributed by atoms with Crippen LogP contribution in [0.2, 0.25) is 0 Å². The molecule has 2 aromatic heterocycles. The fourth-order valence-corrected chi connectivity index (χ4v) is 1.96. The monoisotopic (exact) mass is 306 g/mol. The summed E-state index contributed by atoms with van der Waals surface area (Å²) in [5, 5.41) is 13.3. The molecule has 9 heteroatoms. The summed E-state index contributed by atoms with van der Waals surface area (Å²) in [4.78, 5) is 33.8. The van der Waals surface area contributed by atoms with E-state index in [-0.39, 0.29) is 22.8 Å². The van der Waals surface area contributed by atoms with E-state index in [0.29, 0.717) is 0 Å². The van der Waals surface area contributed by atoms with E-state index in [9.17, 15) is 19.7 Å². The molecule has 22 heavy (non-hydrogen) atoms. The first-order chi connectivity index (χ1) is 10.3. The van der Waals surface area contributed by atoms with E-state index in [1.54, 1.807) is 14.1 Å². The predicted octanol–water partition coefficient (Wildman–Crippen LogP) is 1.31. The zero-order valence-corrected chi connectivity index (χ0v) is 12.2. The SMILES string of the molecule is COC(=O)c1cc(C(=O)Nc2cc([N+](=O)[O-])cn2C)cn1C. The van der Waals surface area contributed by atoms with Gasteiger partial charge < -0.3 is 19.2 Å². The van der Waals surface area contributed by atoms with Crippen LogP contribution in [-0.4, -0.2) is 33.0 Å². The number of ether oxygens (including phenoxy) is 1. The molecule has 0 radical (unpaired) electrons. The number of nitro groups is 1. The highest BCUT2D eigenvalue weighted by Crippen LogP contribution is 2.20. The van der Waals surface area contributed by atoms with Crippen LogP contribution < -0.4 is 5.32 Å². The van der Waals surface area contributed by atoms with E-state index in [1.807, 2.05) is 0 Å². The summed E-state index contributed by atoms with van der Waals surface area (Å²) in [6.45, 7) is 0. The van der Waals surface area contributed by atoms with Crippen LogP contribution in [0.15, 0.2) is 24.5 Å². The molecule has 0 saturated carbocycles. The normalized spacial score (nSPS) is 10.3. The Labute approximate surface area is 125 Å². The number of anilines is 1. The second-order valence-corrected chi connectivity index (χ2v) is 4.62. The Morgan fingerprint density at radius 2 is 1.91 bits per heavy atom. The van der Waals surface area contributed by atoms with Crippen molar-refractivity contribution in [3.05, 3.63) is 45.9 Å². The van der Waals surface area contributed by atoms with Crippen LogP contribution in [0.5, 0.6) is 0 Å². The lowest BCUT2D eigenvalue weighted by Crippen LogP contribution is -2.13. The van der Waals surface area contributed by atoms with Crippen LogP contribution in [0, 0.1) is 10.1 Å². The summed E-state index contributed by atoms with van der Waals surface area (Å²) in [6.07, 6.45) is 2.76. The Balaban J connectivity index is 2.23. The van der Waals surface area contributed by atoms with E-state index in [0.717, 1.165) is 0 Å². The van der Waals surface area contributed by atoms with Gasteiger partial charge in [0, 0.05) is 20.3 Å². The summed E-state index contributed by atoms with van der Waals surface area (Å²) < 4.78 is 7.50. The topological polar surface area (TPSA) is 108 Å². The number of amides is 1. The average molecular weight is 306 g/mol. The number of aryl methyl sites for hydroxylation is 2. The van der Waals surface area contributed by atoms with E-state index in [4.69, 9.17) is 0 Å². The van der Waals surface area contributed by atoms with Crippen molar-refractivity contribution >= 4 is 23.4 Å². The molecule has 0 aliphatic rings. The van der Waals surface area contributed by atoms with Crippen molar-refractivity contribution in [2.45, 2.75) is 0 Å². The molecule has 2 rings (SSSR count). The highest BCUT2D eigenvalue weighted by atomic mass is 16.6. The van der Waals surface area contributed by atoms with Gasteiger partial charge in [0.1, 0.15) is 11.5 Å². The summed E-state index contributed by atoms with van der Waals surface area (Å²) in [7, 11) is 4.43. The zero-order chi connectivity index (χ0) is 16.4. The number of rotatable bonds is 4. The lowest BCUT2D eigenvalue weighted by molar-refractivity contribution is -0.384.